The first-order chi connectivity index (χ1) is 9.54. The van der Waals surface area contributed by atoms with Gasteiger partial charge in [-0.15, -0.1) is 0 Å². The topological polar surface area (TPSA) is 108 Å². The molecule has 2 amide bonds. The lowest BCUT2D eigenvalue weighted by Gasteiger charge is -2.08. The Kier molecular flexibility index (Phi) is 6.31. The molecule has 0 aliphatic rings. The number of carboxylic acid groups (broad SMARTS) is 1. The first-order valence-electron chi connectivity index (χ1n) is 6.23. The maximum Gasteiger partial charge on any atom is 0.339 e. The fraction of sp³-hybridized carbons (Fsp3) is 0.385. The fourth-order valence-corrected chi connectivity index (χ4v) is 1.49. The van der Waals surface area contributed by atoms with Crippen LogP contribution in [-0.4, -0.2) is 42.0 Å². The molecule has 0 heterocycles. The van der Waals surface area contributed by atoms with Crippen LogP contribution in [0.1, 0.15) is 23.7 Å². The Bertz CT molecular complexity index is 476. The van der Waals surface area contributed by atoms with Crippen LogP contribution in [-0.2, 0) is 4.74 Å². The maximum absolute atomic E-state index is 11.5. The quantitative estimate of drug-likeness (QED) is 0.569. The van der Waals surface area contributed by atoms with Crippen molar-refractivity contribution in [2.45, 2.75) is 13.3 Å². The highest BCUT2D eigenvalue weighted by Crippen LogP contribution is 2.21. The van der Waals surface area contributed by atoms with Crippen LogP contribution >= 0.6 is 0 Å². The van der Waals surface area contributed by atoms with E-state index in [-0.39, 0.29) is 5.56 Å². The average Bonchev–Trinajstić information content (AvgIpc) is 2.38. The SMILES string of the molecule is CCOCCCNC(=O)Nc1ccc(C(=O)O)c(O)c1. The molecule has 1 aromatic carbocycles. The summed E-state index contributed by atoms with van der Waals surface area (Å²) in [6.45, 7) is 3.57. The van der Waals surface area contributed by atoms with E-state index in [1.165, 1.54) is 18.2 Å². The van der Waals surface area contributed by atoms with Gasteiger partial charge in [-0.3, -0.25) is 0 Å². The van der Waals surface area contributed by atoms with Crippen molar-refractivity contribution in [1.29, 1.82) is 0 Å². The molecule has 1 rings (SSSR count). The molecule has 4 N–H and O–H groups in total. The van der Waals surface area contributed by atoms with Crippen LogP contribution in [0.3, 0.4) is 0 Å². The normalized spacial score (nSPS) is 10.1. The summed E-state index contributed by atoms with van der Waals surface area (Å²) < 4.78 is 5.12. The van der Waals surface area contributed by atoms with Gasteiger partial charge in [0.1, 0.15) is 11.3 Å². The molecule has 7 nitrogen and oxygen atoms in total. The van der Waals surface area contributed by atoms with Gasteiger partial charge in [0.05, 0.1) is 0 Å². The molecule has 0 spiro atoms. The summed E-state index contributed by atoms with van der Waals surface area (Å²) in [5, 5.41) is 23.3. The van der Waals surface area contributed by atoms with E-state index >= 15 is 0 Å². The van der Waals surface area contributed by atoms with Crippen molar-refractivity contribution >= 4 is 17.7 Å². The molecular formula is C13H18N2O5. The molecule has 0 saturated carbocycles. The van der Waals surface area contributed by atoms with E-state index in [2.05, 4.69) is 10.6 Å². The molecule has 0 unspecified atom stereocenters. The van der Waals surface area contributed by atoms with Crippen LogP contribution in [0.5, 0.6) is 5.75 Å². The minimum absolute atomic E-state index is 0.215. The Hall–Kier alpha value is -2.28. The van der Waals surface area contributed by atoms with Crippen LogP contribution in [0.2, 0.25) is 0 Å². The molecule has 0 bridgehead atoms. The second kappa shape index (κ2) is 8.00. The van der Waals surface area contributed by atoms with Crippen molar-refractivity contribution in [2.24, 2.45) is 0 Å². The van der Waals surface area contributed by atoms with Crippen LogP contribution in [0.4, 0.5) is 10.5 Å². The minimum atomic E-state index is -1.23. The number of aromatic carboxylic acids is 1. The Morgan fingerprint density at radius 3 is 2.70 bits per heavy atom. The number of hydrogen-bond acceptors (Lipinski definition) is 4. The summed E-state index contributed by atoms with van der Waals surface area (Å²) in [7, 11) is 0. The molecule has 7 heteroatoms. The average molecular weight is 282 g/mol. The van der Waals surface area contributed by atoms with Gasteiger partial charge in [-0.1, -0.05) is 0 Å². The van der Waals surface area contributed by atoms with Gasteiger partial charge >= 0.3 is 12.0 Å². The molecule has 0 aliphatic carbocycles. The number of phenols is 1. The number of amides is 2. The van der Waals surface area contributed by atoms with E-state index in [1.807, 2.05) is 6.92 Å². The smallest absolute Gasteiger partial charge is 0.339 e. The fourth-order valence-electron chi connectivity index (χ4n) is 1.49. The number of nitrogens with one attached hydrogen (secondary N) is 2. The first-order valence-corrected chi connectivity index (χ1v) is 6.23. The zero-order chi connectivity index (χ0) is 15.0. The summed E-state index contributed by atoms with van der Waals surface area (Å²) in [5.41, 5.74) is 0.0995. The molecular weight excluding hydrogens is 264 g/mol. The number of anilines is 1. The number of carbonyl (C=O) groups is 2. The van der Waals surface area contributed by atoms with Crippen molar-refractivity contribution in [3.8, 4) is 5.75 Å². The Morgan fingerprint density at radius 1 is 1.35 bits per heavy atom. The molecule has 0 radical (unpaired) electrons. The van der Waals surface area contributed by atoms with Crippen molar-refractivity contribution in [1.82, 2.24) is 5.32 Å². The van der Waals surface area contributed by atoms with Gasteiger partial charge in [0.15, 0.2) is 0 Å². The number of rotatable bonds is 7. The molecule has 110 valence electrons. The zero-order valence-corrected chi connectivity index (χ0v) is 11.2. The van der Waals surface area contributed by atoms with Crippen molar-refractivity contribution in [2.75, 3.05) is 25.1 Å². The third kappa shape index (κ3) is 5.15. The third-order valence-electron chi connectivity index (χ3n) is 2.44. The number of ether oxygens (including phenoxy) is 1. The third-order valence-corrected chi connectivity index (χ3v) is 2.44. The molecule has 20 heavy (non-hydrogen) atoms. The van der Waals surface area contributed by atoms with Crippen LogP contribution in [0, 0.1) is 0 Å². The Morgan fingerprint density at radius 2 is 2.10 bits per heavy atom. The Labute approximate surface area is 116 Å². The number of carbonyl (C=O) groups excluding carboxylic acids is 1. The van der Waals surface area contributed by atoms with Gasteiger partial charge in [0.25, 0.3) is 0 Å². The van der Waals surface area contributed by atoms with Crippen molar-refractivity contribution in [3.63, 3.8) is 0 Å². The predicted molar refractivity (Wildman–Crippen MR) is 73.2 cm³/mol. The second-order valence-electron chi connectivity index (χ2n) is 3.97. The number of urea groups is 1. The lowest BCUT2D eigenvalue weighted by atomic mass is 10.2. The van der Waals surface area contributed by atoms with Crippen LogP contribution in [0.25, 0.3) is 0 Å². The number of benzene rings is 1. The number of aromatic hydroxyl groups is 1. The van der Waals surface area contributed by atoms with E-state index in [1.54, 1.807) is 0 Å². The predicted octanol–water partition coefficient (Wildman–Crippen LogP) is 1.64. The van der Waals surface area contributed by atoms with Gasteiger partial charge < -0.3 is 25.6 Å². The largest absolute Gasteiger partial charge is 0.507 e. The maximum atomic E-state index is 11.5. The van der Waals surface area contributed by atoms with E-state index in [0.717, 1.165) is 0 Å². The van der Waals surface area contributed by atoms with Crippen LogP contribution < -0.4 is 10.6 Å². The lowest BCUT2D eigenvalue weighted by Crippen LogP contribution is -2.30. The molecule has 0 atom stereocenters. The molecule has 1 aromatic rings. The highest BCUT2D eigenvalue weighted by atomic mass is 16.5. The second-order valence-corrected chi connectivity index (χ2v) is 3.97. The van der Waals surface area contributed by atoms with Gasteiger partial charge in [-0.2, -0.15) is 0 Å². The van der Waals surface area contributed by atoms with E-state index in [0.29, 0.717) is 31.9 Å². The minimum Gasteiger partial charge on any atom is -0.507 e. The molecule has 0 aromatic heterocycles. The number of hydrogen-bond donors (Lipinski definition) is 4. The van der Waals surface area contributed by atoms with E-state index in [4.69, 9.17) is 9.84 Å². The summed E-state index contributed by atoms with van der Waals surface area (Å²) in [6, 6.07) is 3.39. The van der Waals surface area contributed by atoms with Gasteiger partial charge in [-0.25, -0.2) is 9.59 Å². The summed E-state index contributed by atoms with van der Waals surface area (Å²) in [5.74, 6) is -1.62. The Balaban J connectivity index is 2.42. The van der Waals surface area contributed by atoms with E-state index < -0.39 is 17.7 Å². The van der Waals surface area contributed by atoms with Gasteiger partial charge in [-0.05, 0) is 25.5 Å². The summed E-state index contributed by atoms with van der Waals surface area (Å²) in [6.07, 6.45) is 0.699. The van der Waals surface area contributed by atoms with Gasteiger partial charge in [0.2, 0.25) is 0 Å². The van der Waals surface area contributed by atoms with E-state index in [9.17, 15) is 14.7 Å². The van der Waals surface area contributed by atoms with Crippen LogP contribution in [0.15, 0.2) is 18.2 Å². The number of carboxylic acids is 1. The summed E-state index contributed by atoms with van der Waals surface area (Å²) in [4.78, 5) is 22.2. The molecule has 0 fully saturated rings. The lowest BCUT2D eigenvalue weighted by molar-refractivity contribution is 0.0693. The highest BCUT2D eigenvalue weighted by Gasteiger charge is 2.10. The standard InChI is InChI=1S/C13H18N2O5/c1-2-20-7-3-6-14-13(19)15-9-4-5-10(12(17)18)11(16)8-9/h4-5,8,16H,2-3,6-7H2,1H3,(H,17,18)(H2,14,15,19). The van der Waals surface area contributed by atoms with Gasteiger partial charge in [0, 0.05) is 31.5 Å². The summed E-state index contributed by atoms with van der Waals surface area (Å²) >= 11 is 0. The first kappa shape index (κ1) is 15.8. The zero-order valence-electron chi connectivity index (χ0n) is 11.2. The highest BCUT2D eigenvalue weighted by molar-refractivity contribution is 5.93. The van der Waals surface area contributed by atoms with Crippen molar-refractivity contribution < 1.29 is 24.5 Å². The van der Waals surface area contributed by atoms with Crippen molar-refractivity contribution in [3.05, 3.63) is 23.8 Å². The molecule has 0 saturated heterocycles. The monoisotopic (exact) mass is 282 g/mol. The molecule has 0 aliphatic heterocycles.